The van der Waals surface area contributed by atoms with Crippen LogP contribution in [0.3, 0.4) is 0 Å². The number of aryl methyl sites for hydroxylation is 2. The van der Waals surface area contributed by atoms with E-state index in [4.69, 9.17) is 0 Å². The fourth-order valence-corrected chi connectivity index (χ4v) is 3.31. The molecular weight excluding hydrogens is 403 g/mol. The minimum Gasteiger partial charge on any atom is -0.346 e. The Bertz CT molecular complexity index is 1000. The molecule has 3 rings (SSSR count). The number of benzene rings is 1. The van der Waals surface area contributed by atoms with E-state index in [1.54, 1.807) is 29.1 Å². The number of nitrogens with zero attached hydrogens (tertiary/aromatic N) is 4. The number of alkyl halides is 3. The molecule has 3 aromatic rings. The molecule has 0 aliphatic carbocycles. The van der Waals surface area contributed by atoms with Crippen molar-refractivity contribution >= 4 is 17.7 Å². The number of hydrogen-bond acceptors (Lipinski definition) is 5. The Labute approximate surface area is 169 Å². The van der Waals surface area contributed by atoms with Gasteiger partial charge < -0.3 is 5.32 Å². The molecule has 29 heavy (non-hydrogen) atoms. The first kappa shape index (κ1) is 20.8. The standard InChI is InChI=1S/C19H18F3N5OS/c1-12-3-4-15(9-13(12)2)27-17(14-5-7-23-8-6-14)25-26-18(27)29-10-16(28)24-11-19(20,21)22/h3-9H,10-11H2,1-2H3,(H,24,28). The molecule has 0 fully saturated rings. The first-order valence-electron chi connectivity index (χ1n) is 8.64. The Hall–Kier alpha value is -2.88. The van der Waals surface area contributed by atoms with Crippen LogP contribution in [-0.2, 0) is 4.79 Å². The van der Waals surface area contributed by atoms with Gasteiger partial charge in [0, 0.05) is 18.0 Å². The summed E-state index contributed by atoms with van der Waals surface area (Å²) in [7, 11) is 0. The zero-order chi connectivity index (χ0) is 21.0. The van der Waals surface area contributed by atoms with Crippen LogP contribution in [0.15, 0.2) is 47.9 Å². The number of carbonyl (C=O) groups excluding carboxylic acids is 1. The SMILES string of the molecule is Cc1ccc(-n2c(SCC(=O)NCC(F)(F)F)nnc2-c2ccncc2)cc1C. The van der Waals surface area contributed by atoms with Crippen molar-refractivity contribution in [3.63, 3.8) is 0 Å². The summed E-state index contributed by atoms with van der Waals surface area (Å²) in [6, 6.07) is 9.41. The molecule has 0 bridgehead atoms. The lowest BCUT2D eigenvalue weighted by Crippen LogP contribution is -2.34. The number of pyridine rings is 1. The highest BCUT2D eigenvalue weighted by Crippen LogP contribution is 2.28. The van der Waals surface area contributed by atoms with Crippen molar-refractivity contribution < 1.29 is 18.0 Å². The van der Waals surface area contributed by atoms with Gasteiger partial charge in [0.05, 0.1) is 11.4 Å². The molecule has 0 aliphatic heterocycles. The Morgan fingerprint density at radius 1 is 1.10 bits per heavy atom. The van der Waals surface area contributed by atoms with Gasteiger partial charge in [-0.3, -0.25) is 14.3 Å². The summed E-state index contributed by atoms with van der Waals surface area (Å²) in [5, 5.41) is 10.6. The van der Waals surface area contributed by atoms with Crippen LogP contribution in [0.1, 0.15) is 11.1 Å². The molecular formula is C19H18F3N5OS. The Balaban J connectivity index is 1.90. The van der Waals surface area contributed by atoms with Gasteiger partial charge in [-0.05, 0) is 49.2 Å². The lowest BCUT2D eigenvalue weighted by atomic mass is 10.1. The van der Waals surface area contributed by atoms with Crippen molar-refractivity contribution in [2.45, 2.75) is 25.2 Å². The highest BCUT2D eigenvalue weighted by atomic mass is 32.2. The van der Waals surface area contributed by atoms with Gasteiger partial charge >= 0.3 is 6.18 Å². The summed E-state index contributed by atoms with van der Waals surface area (Å²) in [5.74, 6) is -0.392. The van der Waals surface area contributed by atoms with Crippen molar-refractivity contribution in [2.24, 2.45) is 0 Å². The molecule has 0 spiro atoms. The molecule has 6 nitrogen and oxygen atoms in total. The maximum Gasteiger partial charge on any atom is 0.405 e. The largest absolute Gasteiger partial charge is 0.405 e. The van der Waals surface area contributed by atoms with Gasteiger partial charge in [0.2, 0.25) is 5.91 Å². The Morgan fingerprint density at radius 3 is 2.48 bits per heavy atom. The third kappa shape index (κ3) is 5.35. The topological polar surface area (TPSA) is 72.7 Å². The van der Waals surface area contributed by atoms with Gasteiger partial charge in [-0.2, -0.15) is 13.2 Å². The number of carbonyl (C=O) groups is 1. The summed E-state index contributed by atoms with van der Waals surface area (Å²) in [5.41, 5.74) is 3.76. The average molecular weight is 421 g/mol. The lowest BCUT2D eigenvalue weighted by Gasteiger charge is -2.12. The van der Waals surface area contributed by atoms with E-state index < -0.39 is 18.6 Å². The van der Waals surface area contributed by atoms with E-state index >= 15 is 0 Å². The van der Waals surface area contributed by atoms with Crippen molar-refractivity contribution in [3.05, 3.63) is 53.9 Å². The number of hydrogen-bond donors (Lipinski definition) is 1. The molecule has 1 N–H and O–H groups in total. The van der Waals surface area contributed by atoms with Gasteiger partial charge in [0.15, 0.2) is 11.0 Å². The molecule has 0 saturated heterocycles. The lowest BCUT2D eigenvalue weighted by molar-refractivity contribution is -0.136. The Kier molecular flexibility index (Phi) is 6.21. The van der Waals surface area contributed by atoms with Gasteiger partial charge in [0.1, 0.15) is 6.54 Å². The zero-order valence-corrected chi connectivity index (χ0v) is 16.5. The van der Waals surface area contributed by atoms with Crippen LogP contribution in [-0.4, -0.2) is 44.1 Å². The van der Waals surface area contributed by atoms with Gasteiger partial charge in [-0.25, -0.2) is 0 Å². The summed E-state index contributed by atoms with van der Waals surface area (Å²) in [4.78, 5) is 15.8. The monoisotopic (exact) mass is 421 g/mol. The number of amides is 1. The van der Waals surface area contributed by atoms with E-state index in [0.717, 1.165) is 34.1 Å². The number of halogens is 3. The number of thioether (sulfide) groups is 1. The molecule has 0 unspecified atom stereocenters. The fraction of sp³-hybridized carbons (Fsp3) is 0.263. The predicted octanol–water partition coefficient (Wildman–Crippen LogP) is 3.72. The summed E-state index contributed by atoms with van der Waals surface area (Å²) in [6.45, 7) is 2.61. The minimum absolute atomic E-state index is 0.213. The molecule has 0 radical (unpaired) electrons. The summed E-state index contributed by atoms with van der Waals surface area (Å²) in [6.07, 6.45) is -1.19. The highest BCUT2D eigenvalue weighted by Gasteiger charge is 2.27. The van der Waals surface area contributed by atoms with Crippen LogP contribution in [0, 0.1) is 13.8 Å². The van der Waals surface area contributed by atoms with E-state index in [2.05, 4.69) is 15.2 Å². The minimum atomic E-state index is -4.45. The number of rotatable bonds is 6. The van der Waals surface area contributed by atoms with Crippen LogP contribution < -0.4 is 5.32 Å². The van der Waals surface area contributed by atoms with E-state index in [-0.39, 0.29) is 5.75 Å². The number of aromatic nitrogens is 4. The average Bonchev–Trinajstić information content (AvgIpc) is 3.11. The van der Waals surface area contributed by atoms with Crippen molar-refractivity contribution in [1.29, 1.82) is 0 Å². The molecule has 0 saturated carbocycles. The van der Waals surface area contributed by atoms with Gasteiger partial charge in [0.25, 0.3) is 0 Å². The maximum atomic E-state index is 12.3. The van der Waals surface area contributed by atoms with Crippen molar-refractivity contribution in [1.82, 2.24) is 25.1 Å². The Morgan fingerprint density at radius 2 is 1.83 bits per heavy atom. The normalized spacial score (nSPS) is 11.5. The molecule has 10 heteroatoms. The smallest absolute Gasteiger partial charge is 0.346 e. The van der Waals surface area contributed by atoms with E-state index in [1.807, 2.05) is 37.4 Å². The molecule has 152 valence electrons. The van der Waals surface area contributed by atoms with Crippen LogP contribution in [0.4, 0.5) is 13.2 Å². The molecule has 2 aromatic heterocycles. The van der Waals surface area contributed by atoms with Crippen molar-refractivity contribution in [3.8, 4) is 17.1 Å². The van der Waals surface area contributed by atoms with Crippen LogP contribution >= 0.6 is 11.8 Å². The maximum absolute atomic E-state index is 12.3. The first-order chi connectivity index (χ1) is 13.7. The predicted molar refractivity (Wildman–Crippen MR) is 104 cm³/mol. The van der Waals surface area contributed by atoms with Gasteiger partial charge in [-0.15, -0.1) is 10.2 Å². The number of nitrogens with one attached hydrogen (secondary N) is 1. The van der Waals surface area contributed by atoms with Crippen LogP contribution in [0.5, 0.6) is 0 Å². The highest BCUT2D eigenvalue weighted by molar-refractivity contribution is 7.99. The van der Waals surface area contributed by atoms with Crippen LogP contribution in [0.25, 0.3) is 17.1 Å². The quantitative estimate of drug-likeness (QED) is 0.615. The second-order valence-electron chi connectivity index (χ2n) is 6.33. The zero-order valence-electron chi connectivity index (χ0n) is 15.7. The van der Waals surface area contributed by atoms with E-state index in [9.17, 15) is 18.0 Å². The second-order valence-corrected chi connectivity index (χ2v) is 7.27. The molecule has 0 atom stereocenters. The second kappa shape index (κ2) is 8.64. The molecule has 1 aromatic carbocycles. The summed E-state index contributed by atoms with van der Waals surface area (Å²) >= 11 is 1.02. The summed E-state index contributed by atoms with van der Waals surface area (Å²) < 4.78 is 38.6. The fourth-order valence-electron chi connectivity index (χ4n) is 2.53. The molecule has 2 heterocycles. The third-order valence-electron chi connectivity index (χ3n) is 4.14. The van der Waals surface area contributed by atoms with Crippen molar-refractivity contribution in [2.75, 3.05) is 12.3 Å². The molecule has 1 amide bonds. The van der Waals surface area contributed by atoms with E-state index in [0.29, 0.717) is 11.0 Å². The van der Waals surface area contributed by atoms with Gasteiger partial charge in [-0.1, -0.05) is 17.8 Å². The third-order valence-corrected chi connectivity index (χ3v) is 5.07. The van der Waals surface area contributed by atoms with E-state index in [1.165, 1.54) is 0 Å². The first-order valence-corrected chi connectivity index (χ1v) is 9.63. The van der Waals surface area contributed by atoms with Crippen LogP contribution in [0.2, 0.25) is 0 Å². The molecule has 0 aliphatic rings.